The molecule has 1 aromatic carbocycles. The molecule has 1 fully saturated rings. The molecule has 3 heteroatoms. The summed E-state index contributed by atoms with van der Waals surface area (Å²) in [6.45, 7) is 7.31. The minimum absolute atomic E-state index is 0.0285. The summed E-state index contributed by atoms with van der Waals surface area (Å²) < 4.78 is 11.6. The van der Waals surface area contributed by atoms with Crippen molar-refractivity contribution < 1.29 is 9.47 Å². The van der Waals surface area contributed by atoms with Crippen LogP contribution >= 0.6 is 0 Å². The minimum atomic E-state index is 0.0285. The third-order valence-electron chi connectivity index (χ3n) is 4.17. The molecule has 2 atom stereocenters. The van der Waals surface area contributed by atoms with E-state index < -0.39 is 0 Å². The Kier molecular flexibility index (Phi) is 4.59. The molecular formula is C17H27NO2. The zero-order valence-electron chi connectivity index (χ0n) is 13.1. The molecule has 2 rings (SSSR count). The fraction of sp³-hybridized carbons (Fsp3) is 0.647. The number of benzene rings is 1. The maximum atomic E-state index is 6.30. The van der Waals surface area contributed by atoms with E-state index >= 15 is 0 Å². The second-order valence-electron chi connectivity index (χ2n) is 6.70. The number of hydrogen-bond donors (Lipinski definition) is 1. The van der Waals surface area contributed by atoms with E-state index in [1.54, 1.807) is 7.11 Å². The molecule has 2 unspecified atom stereocenters. The molecule has 2 N–H and O–H groups in total. The topological polar surface area (TPSA) is 44.5 Å². The predicted octanol–water partition coefficient (Wildman–Crippen LogP) is 3.50. The first-order valence-corrected chi connectivity index (χ1v) is 7.51. The molecule has 1 aliphatic rings. The lowest BCUT2D eigenvalue weighted by molar-refractivity contribution is 0.159. The number of hydrogen-bond acceptors (Lipinski definition) is 3. The maximum absolute atomic E-state index is 6.30. The first kappa shape index (κ1) is 15.2. The van der Waals surface area contributed by atoms with Crippen molar-refractivity contribution in [2.24, 2.45) is 11.7 Å². The Labute approximate surface area is 122 Å². The molecule has 20 heavy (non-hydrogen) atoms. The van der Waals surface area contributed by atoms with Crippen LogP contribution < -0.4 is 15.2 Å². The third kappa shape index (κ3) is 3.26. The number of rotatable bonds is 4. The van der Waals surface area contributed by atoms with Crippen molar-refractivity contribution in [2.75, 3.05) is 13.7 Å². The summed E-state index contributed by atoms with van der Waals surface area (Å²) in [7, 11) is 1.70. The van der Waals surface area contributed by atoms with Crippen molar-refractivity contribution in [2.45, 2.75) is 51.6 Å². The molecule has 3 nitrogen and oxygen atoms in total. The van der Waals surface area contributed by atoms with Gasteiger partial charge in [-0.1, -0.05) is 20.8 Å². The van der Waals surface area contributed by atoms with Crippen molar-refractivity contribution in [1.29, 1.82) is 0 Å². The van der Waals surface area contributed by atoms with Crippen molar-refractivity contribution in [3.05, 3.63) is 23.8 Å². The average Bonchev–Trinajstić information content (AvgIpc) is 2.85. The highest BCUT2D eigenvalue weighted by Gasteiger charge is 2.29. The highest BCUT2D eigenvalue weighted by molar-refractivity contribution is 5.44. The van der Waals surface area contributed by atoms with E-state index in [-0.39, 0.29) is 11.5 Å². The first-order chi connectivity index (χ1) is 9.45. The SMILES string of the molecule is COc1ccc(OC2CCCC2CN)c(C(C)(C)C)c1. The lowest BCUT2D eigenvalue weighted by Gasteiger charge is -2.27. The van der Waals surface area contributed by atoms with Crippen LogP contribution in [0.15, 0.2) is 18.2 Å². The van der Waals surface area contributed by atoms with Crippen LogP contribution in [0.25, 0.3) is 0 Å². The van der Waals surface area contributed by atoms with E-state index in [1.165, 1.54) is 18.4 Å². The van der Waals surface area contributed by atoms with Gasteiger partial charge in [0.1, 0.15) is 17.6 Å². The van der Waals surface area contributed by atoms with Gasteiger partial charge in [0.25, 0.3) is 0 Å². The van der Waals surface area contributed by atoms with Crippen LogP contribution in [-0.4, -0.2) is 19.8 Å². The zero-order valence-corrected chi connectivity index (χ0v) is 13.1. The fourth-order valence-corrected chi connectivity index (χ4v) is 2.92. The molecule has 0 radical (unpaired) electrons. The normalized spacial score (nSPS) is 22.9. The Bertz CT molecular complexity index is 451. The van der Waals surface area contributed by atoms with E-state index in [4.69, 9.17) is 15.2 Å². The summed E-state index contributed by atoms with van der Waals surface area (Å²) in [6.07, 6.45) is 3.77. The highest BCUT2D eigenvalue weighted by atomic mass is 16.5. The van der Waals surface area contributed by atoms with E-state index in [0.29, 0.717) is 12.5 Å². The van der Waals surface area contributed by atoms with E-state index in [2.05, 4.69) is 26.8 Å². The van der Waals surface area contributed by atoms with Gasteiger partial charge in [-0.05, 0) is 49.4 Å². The van der Waals surface area contributed by atoms with Crippen molar-refractivity contribution >= 4 is 0 Å². The zero-order chi connectivity index (χ0) is 14.8. The van der Waals surface area contributed by atoms with Gasteiger partial charge in [0.05, 0.1) is 7.11 Å². The molecule has 1 saturated carbocycles. The maximum Gasteiger partial charge on any atom is 0.123 e. The number of methoxy groups -OCH3 is 1. The quantitative estimate of drug-likeness (QED) is 0.916. The fourth-order valence-electron chi connectivity index (χ4n) is 2.92. The summed E-state index contributed by atoms with van der Waals surface area (Å²) in [6, 6.07) is 6.09. The molecule has 0 aromatic heterocycles. The minimum Gasteiger partial charge on any atom is -0.497 e. The van der Waals surface area contributed by atoms with Crippen molar-refractivity contribution in [3.8, 4) is 11.5 Å². The average molecular weight is 277 g/mol. The Hall–Kier alpha value is -1.22. The Morgan fingerprint density at radius 3 is 2.60 bits per heavy atom. The molecular weight excluding hydrogens is 250 g/mol. The van der Waals surface area contributed by atoms with Gasteiger partial charge in [0.15, 0.2) is 0 Å². The van der Waals surface area contributed by atoms with E-state index in [0.717, 1.165) is 17.9 Å². The van der Waals surface area contributed by atoms with Gasteiger partial charge in [-0.15, -0.1) is 0 Å². The van der Waals surface area contributed by atoms with Crippen LogP contribution in [-0.2, 0) is 5.41 Å². The van der Waals surface area contributed by atoms with E-state index in [1.807, 2.05) is 12.1 Å². The monoisotopic (exact) mass is 277 g/mol. The van der Waals surface area contributed by atoms with Gasteiger partial charge in [0.2, 0.25) is 0 Å². The molecule has 0 spiro atoms. The first-order valence-electron chi connectivity index (χ1n) is 7.51. The molecule has 0 amide bonds. The molecule has 0 bridgehead atoms. The van der Waals surface area contributed by atoms with Gasteiger partial charge in [0, 0.05) is 11.5 Å². The third-order valence-corrected chi connectivity index (χ3v) is 4.17. The van der Waals surface area contributed by atoms with Crippen LogP contribution in [0.5, 0.6) is 11.5 Å². The Morgan fingerprint density at radius 1 is 1.25 bits per heavy atom. The molecule has 1 aromatic rings. The van der Waals surface area contributed by atoms with Crippen molar-refractivity contribution in [3.63, 3.8) is 0 Å². The molecule has 0 heterocycles. The second-order valence-corrected chi connectivity index (χ2v) is 6.70. The molecule has 1 aliphatic carbocycles. The Morgan fingerprint density at radius 2 is 2.00 bits per heavy atom. The van der Waals surface area contributed by atoms with Crippen LogP contribution in [0.2, 0.25) is 0 Å². The van der Waals surface area contributed by atoms with Gasteiger partial charge in [-0.3, -0.25) is 0 Å². The molecule has 0 saturated heterocycles. The largest absolute Gasteiger partial charge is 0.497 e. The highest BCUT2D eigenvalue weighted by Crippen LogP contribution is 2.37. The van der Waals surface area contributed by atoms with Crippen LogP contribution in [0.1, 0.15) is 45.6 Å². The molecule has 112 valence electrons. The summed E-state index contributed by atoms with van der Waals surface area (Å²) in [4.78, 5) is 0. The second kappa shape index (κ2) is 6.04. The smallest absolute Gasteiger partial charge is 0.123 e. The van der Waals surface area contributed by atoms with Crippen LogP contribution in [0.3, 0.4) is 0 Å². The van der Waals surface area contributed by atoms with Gasteiger partial charge in [-0.2, -0.15) is 0 Å². The van der Waals surface area contributed by atoms with Crippen molar-refractivity contribution in [1.82, 2.24) is 0 Å². The summed E-state index contributed by atoms with van der Waals surface area (Å²) in [5, 5.41) is 0. The number of ether oxygens (including phenoxy) is 2. The number of nitrogens with two attached hydrogens (primary N) is 1. The summed E-state index contributed by atoms with van der Waals surface area (Å²) in [5.74, 6) is 2.35. The van der Waals surface area contributed by atoms with Gasteiger partial charge >= 0.3 is 0 Å². The summed E-state index contributed by atoms with van der Waals surface area (Å²) >= 11 is 0. The standard InChI is InChI=1S/C17H27NO2/c1-17(2,3)14-10-13(19-4)8-9-16(14)20-15-7-5-6-12(15)11-18/h8-10,12,15H,5-7,11,18H2,1-4H3. The predicted molar refractivity (Wildman–Crippen MR) is 82.5 cm³/mol. The van der Waals surface area contributed by atoms with Crippen LogP contribution in [0, 0.1) is 5.92 Å². The van der Waals surface area contributed by atoms with Gasteiger partial charge in [-0.25, -0.2) is 0 Å². The Balaban J connectivity index is 2.26. The summed E-state index contributed by atoms with van der Waals surface area (Å²) in [5.41, 5.74) is 7.07. The van der Waals surface area contributed by atoms with E-state index in [9.17, 15) is 0 Å². The lowest BCUT2D eigenvalue weighted by Crippen LogP contribution is -2.28. The lowest BCUT2D eigenvalue weighted by atomic mass is 9.86. The molecule has 0 aliphatic heterocycles. The van der Waals surface area contributed by atoms with Gasteiger partial charge < -0.3 is 15.2 Å². The van der Waals surface area contributed by atoms with Crippen LogP contribution in [0.4, 0.5) is 0 Å².